The highest BCUT2D eigenvalue weighted by molar-refractivity contribution is 6.09. The Morgan fingerprint density at radius 1 is 0.512 bits per heavy atom. The lowest BCUT2D eigenvalue weighted by Crippen LogP contribution is -1.99. The van der Waals surface area contributed by atoms with Crippen molar-refractivity contribution in [2.75, 3.05) is 0 Å². The van der Waals surface area contributed by atoms with Gasteiger partial charge in [-0.15, -0.1) is 0 Å². The van der Waals surface area contributed by atoms with E-state index < -0.39 is 0 Å². The standard InChI is InChI=1S/C39H27N3O/c1-2-39-40-33-14-5-8-17-36(33)42(39)28-19-21-38-32(24-28)31-23-26(18-20-37(31)43-38)25-10-9-11-27(22-25)41-34-15-6-3-12-29(34)30-13-4-7-16-35(30)41/h3-24H,2H2,1H3. The fraction of sp³-hybridized carbons (Fsp3) is 0.0513. The van der Waals surface area contributed by atoms with E-state index in [0.29, 0.717) is 0 Å². The van der Waals surface area contributed by atoms with Crippen molar-refractivity contribution in [1.82, 2.24) is 14.1 Å². The molecule has 0 saturated carbocycles. The van der Waals surface area contributed by atoms with Gasteiger partial charge in [-0.1, -0.05) is 73.7 Å². The molecule has 0 spiro atoms. The van der Waals surface area contributed by atoms with Gasteiger partial charge in [0.05, 0.1) is 22.1 Å². The maximum atomic E-state index is 6.31. The van der Waals surface area contributed by atoms with Gasteiger partial charge >= 0.3 is 0 Å². The Morgan fingerprint density at radius 2 is 1.14 bits per heavy atom. The second-order valence-corrected chi connectivity index (χ2v) is 11.1. The van der Waals surface area contributed by atoms with Crippen molar-refractivity contribution in [3.8, 4) is 22.5 Å². The molecular weight excluding hydrogens is 526 g/mol. The normalized spacial score (nSPS) is 11.9. The SMILES string of the molecule is CCc1nc2ccccc2n1-c1ccc2oc3ccc(-c4cccc(-n5c6ccccc6c6ccccc65)c4)cc3c2c1. The zero-order valence-electron chi connectivity index (χ0n) is 23.7. The molecule has 0 bridgehead atoms. The molecule has 0 radical (unpaired) electrons. The van der Waals surface area contributed by atoms with E-state index in [-0.39, 0.29) is 0 Å². The summed E-state index contributed by atoms with van der Waals surface area (Å²) in [6.07, 6.45) is 0.852. The lowest BCUT2D eigenvalue weighted by atomic mass is 10.0. The van der Waals surface area contributed by atoms with Crippen molar-refractivity contribution < 1.29 is 4.42 Å². The van der Waals surface area contributed by atoms with Crippen LogP contribution in [0, 0.1) is 0 Å². The van der Waals surface area contributed by atoms with E-state index in [1.54, 1.807) is 0 Å². The van der Waals surface area contributed by atoms with Crippen molar-refractivity contribution in [2.24, 2.45) is 0 Å². The van der Waals surface area contributed by atoms with Gasteiger partial charge in [-0.25, -0.2) is 4.98 Å². The summed E-state index contributed by atoms with van der Waals surface area (Å²) < 4.78 is 10.9. The Kier molecular flexibility index (Phi) is 5.14. The Hall–Kier alpha value is -5.61. The van der Waals surface area contributed by atoms with E-state index >= 15 is 0 Å². The van der Waals surface area contributed by atoms with Crippen molar-refractivity contribution in [2.45, 2.75) is 13.3 Å². The minimum atomic E-state index is 0.852. The quantitative estimate of drug-likeness (QED) is 0.217. The van der Waals surface area contributed by atoms with Crippen LogP contribution in [0.2, 0.25) is 0 Å². The third-order valence-electron chi connectivity index (χ3n) is 8.68. The third-order valence-corrected chi connectivity index (χ3v) is 8.68. The highest BCUT2D eigenvalue weighted by Crippen LogP contribution is 2.36. The maximum Gasteiger partial charge on any atom is 0.135 e. The number of rotatable bonds is 4. The molecule has 0 aliphatic carbocycles. The lowest BCUT2D eigenvalue weighted by Gasteiger charge is -2.10. The number of aromatic nitrogens is 3. The molecule has 3 heterocycles. The first kappa shape index (κ1) is 24.0. The van der Waals surface area contributed by atoms with Crippen LogP contribution in [-0.4, -0.2) is 14.1 Å². The molecule has 3 aromatic heterocycles. The average Bonchev–Trinajstić information content (AvgIpc) is 3.73. The molecule has 0 atom stereocenters. The van der Waals surface area contributed by atoms with Gasteiger partial charge in [-0.05, 0) is 77.9 Å². The summed E-state index contributed by atoms with van der Waals surface area (Å²) in [5.41, 5.74) is 10.9. The smallest absolute Gasteiger partial charge is 0.135 e. The highest BCUT2D eigenvalue weighted by atomic mass is 16.3. The van der Waals surface area contributed by atoms with Crippen LogP contribution in [0.4, 0.5) is 0 Å². The molecule has 4 heteroatoms. The molecule has 0 amide bonds. The number of benzene rings is 6. The highest BCUT2D eigenvalue weighted by Gasteiger charge is 2.16. The topological polar surface area (TPSA) is 35.9 Å². The Bertz CT molecular complexity index is 2460. The van der Waals surface area contributed by atoms with Gasteiger partial charge in [0.15, 0.2) is 0 Å². The average molecular weight is 554 g/mol. The van der Waals surface area contributed by atoms with Crippen LogP contribution < -0.4 is 0 Å². The van der Waals surface area contributed by atoms with Crippen molar-refractivity contribution >= 4 is 54.8 Å². The van der Waals surface area contributed by atoms with Crippen LogP contribution in [0.1, 0.15) is 12.7 Å². The molecular formula is C39H27N3O. The summed E-state index contributed by atoms with van der Waals surface area (Å²) in [7, 11) is 0. The minimum absolute atomic E-state index is 0.852. The summed E-state index contributed by atoms with van der Waals surface area (Å²) in [4.78, 5) is 4.90. The predicted molar refractivity (Wildman–Crippen MR) is 178 cm³/mol. The summed E-state index contributed by atoms with van der Waals surface area (Å²) in [6, 6.07) is 47.4. The van der Waals surface area contributed by atoms with Gasteiger partial charge in [0, 0.05) is 39.3 Å². The fourth-order valence-corrected chi connectivity index (χ4v) is 6.71. The minimum Gasteiger partial charge on any atom is -0.456 e. The molecule has 4 nitrogen and oxygen atoms in total. The van der Waals surface area contributed by atoms with Crippen molar-refractivity contribution in [1.29, 1.82) is 0 Å². The van der Waals surface area contributed by atoms with Gasteiger partial charge in [0.1, 0.15) is 17.0 Å². The second-order valence-electron chi connectivity index (χ2n) is 11.1. The maximum absolute atomic E-state index is 6.31. The number of hydrogen-bond acceptors (Lipinski definition) is 2. The Morgan fingerprint density at radius 3 is 1.91 bits per heavy atom. The number of fused-ring (bicyclic) bond motifs is 7. The Labute approximate surface area is 248 Å². The van der Waals surface area contributed by atoms with E-state index in [0.717, 1.165) is 62.2 Å². The number of furan rings is 1. The largest absolute Gasteiger partial charge is 0.456 e. The monoisotopic (exact) mass is 553 g/mol. The van der Waals surface area contributed by atoms with Gasteiger partial charge in [-0.3, -0.25) is 4.57 Å². The molecule has 204 valence electrons. The van der Waals surface area contributed by atoms with Gasteiger partial charge in [0.25, 0.3) is 0 Å². The van der Waals surface area contributed by atoms with Gasteiger partial charge in [-0.2, -0.15) is 0 Å². The second kappa shape index (κ2) is 9.20. The van der Waals surface area contributed by atoms with E-state index in [1.165, 1.54) is 27.4 Å². The van der Waals surface area contributed by atoms with E-state index in [2.05, 4.69) is 143 Å². The number of para-hydroxylation sites is 4. The predicted octanol–water partition coefficient (Wildman–Crippen LogP) is 10.3. The first-order chi connectivity index (χ1) is 21.3. The summed E-state index contributed by atoms with van der Waals surface area (Å²) >= 11 is 0. The molecule has 9 rings (SSSR count). The first-order valence-electron chi connectivity index (χ1n) is 14.8. The van der Waals surface area contributed by atoms with Crippen LogP contribution >= 0.6 is 0 Å². The third kappa shape index (κ3) is 3.60. The zero-order chi connectivity index (χ0) is 28.5. The molecule has 0 unspecified atom stereocenters. The van der Waals surface area contributed by atoms with Gasteiger partial charge in [0.2, 0.25) is 0 Å². The molecule has 0 aliphatic heterocycles. The molecule has 6 aromatic carbocycles. The van der Waals surface area contributed by atoms with Gasteiger partial charge < -0.3 is 8.98 Å². The van der Waals surface area contributed by atoms with Crippen LogP contribution in [0.25, 0.3) is 77.3 Å². The molecule has 0 aliphatic rings. The molecule has 43 heavy (non-hydrogen) atoms. The van der Waals surface area contributed by atoms with Crippen LogP contribution in [0.15, 0.2) is 138 Å². The summed E-state index contributed by atoms with van der Waals surface area (Å²) in [6.45, 7) is 2.16. The van der Waals surface area contributed by atoms with E-state index in [9.17, 15) is 0 Å². The number of imidazole rings is 1. The zero-order valence-corrected chi connectivity index (χ0v) is 23.7. The summed E-state index contributed by atoms with van der Waals surface area (Å²) in [5.74, 6) is 1.05. The number of hydrogen-bond donors (Lipinski definition) is 0. The van der Waals surface area contributed by atoms with Crippen LogP contribution in [0.3, 0.4) is 0 Å². The lowest BCUT2D eigenvalue weighted by molar-refractivity contribution is 0.669. The molecule has 0 N–H and O–H groups in total. The van der Waals surface area contributed by atoms with Crippen molar-refractivity contribution in [3.63, 3.8) is 0 Å². The van der Waals surface area contributed by atoms with Crippen LogP contribution in [-0.2, 0) is 6.42 Å². The first-order valence-corrected chi connectivity index (χ1v) is 14.8. The van der Waals surface area contributed by atoms with E-state index in [4.69, 9.17) is 9.40 Å². The fourth-order valence-electron chi connectivity index (χ4n) is 6.71. The van der Waals surface area contributed by atoms with E-state index in [1.807, 2.05) is 6.07 Å². The summed E-state index contributed by atoms with van der Waals surface area (Å²) in [5, 5.41) is 4.75. The number of aryl methyl sites for hydroxylation is 1. The Balaban J connectivity index is 1.21. The van der Waals surface area contributed by atoms with Crippen molar-refractivity contribution in [3.05, 3.63) is 139 Å². The number of nitrogens with zero attached hydrogens (tertiary/aromatic N) is 3. The molecule has 0 fully saturated rings. The molecule has 9 aromatic rings. The molecule has 0 saturated heterocycles. The van der Waals surface area contributed by atoms with Crippen LogP contribution in [0.5, 0.6) is 0 Å².